The highest BCUT2D eigenvalue weighted by atomic mass is 32.1. The van der Waals surface area contributed by atoms with Gasteiger partial charge in [-0.1, -0.05) is 0 Å². The summed E-state index contributed by atoms with van der Waals surface area (Å²) in [6.07, 6.45) is 0.279. The monoisotopic (exact) mass is 268 g/mol. The van der Waals surface area contributed by atoms with Crippen molar-refractivity contribution in [3.63, 3.8) is 0 Å². The van der Waals surface area contributed by atoms with Crippen molar-refractivity contribution in [1.82, 2.24) is 5.32 Å². The minimum absolute atomic E-state index is 0.269. The lowest BCUT2D eigenvalue weighted by atomic mass is 10.3. The molecule has 1 aromatic rings. The van der Waals surface area contributed by atoms with E-state index in [2.05, 4.69) is 15.4 Å². The van der Waals surface area contributed by atoms with E-state index in [1.807, 2.05) is 24.3 Å². The lowest BCUT2D eigenvalue weighted by Crippen LogP contribution is -2.30. The number of hydrogen-bond acceptors (Lipinski definition) is 4. The van der Waals surface area contributed by atoms with E-state index in [1.165, 1.54) is 7.11 Å². The van der Waals surface area contributed by atoms with E-state index in [4.69, 9.17) is 17.0 Å². The second-order valence-electron chi connectivity index (χ2n) is 3.44. The number of carbonyl (C=O) groups is 1. The van der Waals surface area contributed by atoms with Gasteiger partial charge in [0.15, 0.2) is 5.11 Å². The van der Waals surface area contributed by atoms with Gasteiger partial charge in [0.25, 0.3) is 0 Å². The molecule has 6 heteroatoms. The molecule has 0 heterocycles. The Kier molecular flexibility index (Phi) is 5.93. The molecule has 0 aromatic heterocycles. The lowest BCUT2D eigenvalue weighted by molar-refractivity contribution is -0.140. The van der Waals surface area contributed by atoms with E-state index in [9.17, 15) is 4.79 Å². The summed E-state index contributed by atoms with van der Waals surface area (Å²) >= 11 is 5.08. The summed E-state index contributed by atoms with van der Waals surface area (Å²) in [5.74, 6) is 0.514. The molecule has 0 fully saturated rings. The van der Waals surface area contributed by atoms with Crippen LogP contribution in [0.15, 0.2) is 24.3 Å². The van der Waals surface area contributed by atoms with Gasteiger partial charge in [0, 0.05) is 12.2 Å². The molecule has 0 unspecified atom stereocenters. The normalized spacial score (nSPS) is 9.44. The maximum atomic E-state index is 10.9. The predicted molar refractivity (Wildman–Crippen MR) is 73.9 cm³/mol. The molecule has 18 heavy (non-hydrogen) atoms. The molecule has 0 aliphatic rings. The average Bonchev–Trinajstić information content (AvgIpc) is 2.39. The summed E-state index contributed by atoms with van der Waals surface area (Å²) in [5, 5.41) is 6.37. The van der Waals surface area contributed by atoms with E-state index >= 15 is 0 Å². The zero-order chi connectivity index (χ0) is 13.4. The molecule has 0 aliphatic heterocycles. The van der Waals surface area contributed by atoms with Gasteiger partial charge < -0.3 is 20.1 Å². The minimum Gasteiger partial charge on any atom is -0.497 e. The zero-order valence-electron chi connectivity index (χ0n) is 10.4. The Morgan fingerprint density at radius 1 is 1.28 bits per heavy atom. The average molecular weight is 268 g/mol. The van der Waals surface area contributed by atoms with Crippen molar-refractivity contribution in [3.8, 4) is 5.75 Å². The Labute approximate surface area is 111 Å². The third-order valence-corrected chi connectivity index (χ3v) is 2.44. The number of anilines is 1. The first-order chi connectivity index (χ1) is 8.65. The quantitative estimate of drug-likeness (QED) is 0.624. The molecule has 2 N–H and O–H groups in total. The Balaban J connectivity index is 2.32. The maximum absolute atomic E-state index is 10.9. The Bertz CT molecular complexity index is 406. The number of nitrogens with one attached hydrogen (secondary N) is 2. The van der Waals surface area contributed by atoms with Crippen LogP contribution in [0, 0.1) is 0 Å². The smallest absolute Gasteiger partial charge is 0.307 e. The first-order valence-corrected chi connectivity index (χ1v) is 5.82. The van der Waals surface area contributed by atoms with Crippen molar-refractivity contribution >= 4 is 29.0 Å². The van der Waals surface area contributed by atoms with Gasteiger partial charge in [-0.05, 0) is 36.5 Å². The fraction of sp³-hybridized carbons (Fsp3) is 0.333. The number of carbonyl (C=O) groups excluding carboxylic acids is 1. The highest BCUT2D eigenvalue weighted by Gasteiger charge is 2.01. The van der Waals surface area contributed by atoms with Crippen molar-refractivity contribution in [3.05, 3.63) is 24.3 Å². The highest BCUT2D eigenvalue weighted by Crippen LogP contribution is 2.14. The molecule has 0 aliphatic carbocycles. The van der Waals surface area contributed by atoms with Gasteiger partial charge in [0.2, 0.25) is 0 Å². The van der Waals surface area contributed by atoms with Gasteiger partial charge >= 0.3 is 5.97 Å². The van der Waals surface area contributed by atoms with Crippen molar-refractivity contribution < 1.29 is 14.3 Å². The number of benzene rings is 1. The fourth-order valence-corrected chi connectivity index (χ4v) is 1.45. The van der Waals surface area contributed by atoms with Crippen LogP contribution in [-0.4, -0.2) is 31.8 Å². The molecule has 0 bridgehead atoms. The van der Waals surface area contributed by atoms with Gasteiger partial charge in [-0.25, -0.2) is 0 Å². The Morgan fingerprint density at radius 2 is 1.94 bits per heavy atom. The molecule has 0 saturated heterocycles. The van der Waals surface area contributed by atoms with Crippen LogP contribution < -0.4 is 15.4 Å². The second-order valence-corrected chi connectivity index (χ2v) is 3.84. The molecular formula is C12H16N2O3S. The van der Waals surface area contributed by atoms with Crippen molar-refractivity contribution in [2.24, 2.45) is 0 Å². The first kappa shape index (κ1) is 14.2. The van der Waals surface area contributed by atoms with Crippen LogP contribution in [0.4, 0.5) is 5.69 Å². The topological polar surface area (TPSA) is 59.6 Å². The molecule has 1 aromatic carbocycles. The van der Waals surface area contributed by atoms with E-state index < -0.39 is 0 Å². The summed E-state index contributed by atoms with van der Waals surface area (Å²) in [6.45, 7) is 0.439. The Hall–Kier alpha value is -1.82. The number of rotatable bonds is 5. The molecule has 0 saturated carbocycles. The van der Waals surface area contributed by atoms with E-state index in [0.29, 0.717) is 11.7 Å². The third kappa shape index (κ3) is 5.01. The fourth-order valence-electron chi connectivity index (χ4n) is 1.23. The van der Waals surface area contributed by atoms with Gasteiger partial charge in [0.1, 0.15) is 5.75 Å². The predicted octanol–water partition coefficient (Wildman–Crippen LogP) is 1.54. The van der Waals surface area contributed by atoms with Crippen LogP contribution in [0.3, 0.4) is 0 Å². The maximum Gasteiger partial charge on any atom is 0.307 e. The van der Waals surface area contributed by atoms with Gasteiger partial charge in [-0.2, -0.15) is 0 Å². The third-order valence-electron chi connectivity index (χ3n) is 2.19. The van der Waals surface area contributed by atoms with E-state index in [0.717, 1.165) is 11.4 Å². The summed E-state index contributed by atoms with van der Waals surface area (Å²) in [5.41, 5.74) is 0.853. The Morgan fingerprint density at radius 3 is 2.50 bits per heavy atom. The molecule has 5 nitrogen and oxygen atoms in total. The highest BCUT2D eigenvalue weighted by molar-refractivity contribution is 7.80. The zero-order valence-corrected chi connectivity index (χ0v) is 11.2. The standard InChI is InChI=1S/C12H16N2O3S/c1-16-10-5-3-9(4-6-10)14-12(18)13-8-7-11(15)17-2/h3-6H,7-8H2,1-2H3,(H2,13,14,18). The molecule has 1 rings (SSSR count). The minimum atomic E-state index is -0.269. The molecule has 0 spiro atoms. The largest absolute Gasteiger partial charge is 0.497 e. The molecule has 0 atom stereocenters. The molecular weight excluding hydrogens is 252 g/mol. The summed E-state index contributed by atoms with van der Waals surface area (Å²) < 4.78 is 9.57. The number of methoxy groups -OCH3 is 2. The number of thiocarbonyl (C=S) groups is 1. The number of esters is 1. The molecule has 0 amide bonds. The van der Waals surface area contributed by atoms with E-state index in [1.54, 1.807) is 7.11 Å². The van der Waals surface area contributed by atoms with Gasteiger partial charge in [-0.15, -0.1) is 0 Å². The van der Waals surface area contributed by atoms with Crippen LogP contribution in [0.2, 0.25) is 0 Å². The van der Waals surface area contributed by atoms with Crippen LogP contribution in [0.25, 0.3) is 0 Å². The van der Waals surface area contributed by atoms with Crippen LogP contribution in [-0.2, 0) is 9.53 Å². The SMILES string of the molecule is COC(=O)CCNC(=S)Nc1ccc(OC)cc1. The molecule has 98 valence electrons. The van der Waals surface area contributed by atoms with Gasteiger partial charge in [0.05, 0.1) is 20.6 Å². The summed E-state index contributed by atoms with van der Waals surface area (Å²) in [6, 6.07) is 7.37. The van der Waals surface area contributed by atoms with E-state index in [-0.39, 0.29) is 12.4 Å². The van der Waals surface area contributed by atoms with Crippen molar-refractivity contribution in [2.75, 3.05) is 26.1 Å². The van der Waals surface area contributed by atoms with Crippen molar-refractivity contribution in [1.29, 1.82) is 0 Å². The van der Waals surface area contributed by atoms with Crippen molar-refractivity contribution in [2.45, 2.75) is 6.42 Å². The first-order valence-electron chi connectivity index (χ1n) is 5.41. The molecule has 0 radical (unpaired) electrons. The van der Waals surface area contributed by atoms with Crippen LogP contribution in [0.5, 0.6) is 5.75 Å². The summed E-state index contributed by atoms with van der Waals surface area (Å²) in [7, 11) is 2.97. The number of hydrogen-bond donors (Lipinski definition) is 2. The van der Waals surface area contributed by atoms with Crippen LogP contribution in [0.1, 0.15) is 6.42 Å². The lowest BCUT2D eigenvalue weighted by Gasteiger charge is -2.10. The number of ether oxygens (including phenoxy) is 2. The van der Waals surface area contributed by atoms with Gasteiger partial charge in [-0.3, -0.25) is 4.79 Å². The van der Waals surface area contributed by atoms with Crippen LogP contribution >= 0.6 is 12.2 Å². The second kappa shape index (κ2) is 7.50. The summed E-state index contributed by atoms with van der Waals surface area (Å²) in [4.78, 5) is 10.9.